The van der Waals surface area contributed by atoms with E-state index in [1.165, 1.54) is 12.1 Å². The second kappa shape index (κ2) is 5.70. The lowest BCUT2D eigenvalue weighted by Gasteiger charge is -2.07. The van der Waals surface area contributed by atoms with Gasteiger partial charge in [-0.1, -0.05) is 0 Å². The molecular formula is C14H11F2IN2O2. The summed E-state index contributed by atoms with van der Waals surface area (Å²) in [5.41, 5.74) is 1.31. The summed E-state index contributed by atoms with van der Waals surface area (Å²) in [6.45, 7) is -2.85. The highest BCUT2D eigenvalue weighted by atomic mass is 127. The number of aromatic nitrogens is 2. The summed E-state index contributed by atoms with van der Waals surface area (Å²) < 4.78 is 29.1. The topological polar surface area (TPSA) is 55.0 Å². The minimum Gasteiger partial charge on any atom is -0.435 e. The Morgan fingerprint density at radius 2 is 1.95 bits per heavy atom. The third kappa shape index (κ3) is 3.22. The summed E-state index contributed by atoms with van der Waals surface area (Å²) in [4.78, 5) is 19.2. The van der Waals surface area contributed by atoms with Crippen LogP contribution in [0.2, 0.25) is 0 Å². The van der Waals surface area contributed by atoms with Gasteiger partial charge in [-0.3, -0.25) is 4.79 Å². The lowest BCUT2D eigenvalue weighted by molar-refractivity contribution is -0.0498. The molecule has 4 nitrogen and oxygen atoms in total. The number of alkyl halides is 2. The molecule has 0 amide bonds. The number of H-pyrrole nitrogens is 1. The molecule has 0 unspecified atom stereocenters. The number of nitrogens with zero attached hydrogens (tertiary/aromatic N) is 1. The van der Waals surface area contributed by atoms with Gasteiger partial charge in [0.1, 0.15) is 11.6 Å². The van der Waals surface area contributed by atoms with Gasteiger partial charge in [0, 0.05) is 11.5 Å². The Morgan fingerprint density at radius 3 is 2.52 bits per heavy atom. The van der Waals surface area contributed by atoms with Crippen molar-refractivity contribution in [1.29, 1.82) is 0 Å². The molecule has 7 heteroatoms. The molecule has 1 N–H and O–H groups in total. The van der Waals surface area contributed by atoms with Crippen molar-refractivity contribution < 1.29 is 13.5 Å². The first-order valence-corrected chi connectivity index (χ1v) is 7.47. The third-order valence-electron chi connectivity index (χ3n) is 3.21. The van der Waals surface area contributed by atoms with E-state index in [-0.39, 0.29) is 11.3 Å². The third-order valence-corrected chi connectivity index (χ3v) is 4.25. The summed E-state index contributed by atoms with van der Waals surface area (Å²) in [6, 6.07) is 6.05. The van der Waals surface area contributed by atoms with Crippen LogP contribution in [0.3, 0.4) is 0 Å². The van der Waals surface area contributed by atoms with Gasteiger partial charge in [0.05, 0.1) is 9.26 Å². The van der Waals surface area contributed by atoms with Gasteiger partial charge in [0.15, 0.2) is 0 Å². The van der Waals surface area contributed by atoms with Crippen LogP contribution in [0.5, 0.6) is 5.75 Å². The minimum absolute atomic E-state index is 0.0732. The van der Waals surface area contributed by atoms with Crippen molar-refractivity contribution >= 4 is 22.6 Å². The zero-order chi connectivity index (χ0) is 15.0. The first-order chi connectivity index (χ1) is 10.0. The molecule has 0 saturated heterocycles. The molecule has 1 heterocycles. The van der Waals surface area contributed by atoms with Gasteiger partial charge >= 0.3 is 6.61 Å². The van der Waals surface area contributed by atoms with Crippen LogP contribution in [0.4, 0.5) is 8.78 Å². The van der Waals surface area contributed by atoms with Crippen molar-refractivity contribution in [3.05, 3.63) is 43.9 Å². The van der Waals surface area contributed by atoms with E-state index in [4.69, 9.17) is 0 Å². The molecule has 1 aromatic carbocycles. The smallest absolute Gasteiger partial charge is 0.387 e. The van der Waals surface area contributed by atoms with E-state index in [1.807, 2.05) is 22.6 Å². The fourth-order valence-electron chi connectivity index (χ4n) is 2.03. The Balaban J connectivity index is 1.94. The van der Waals surface area contributed by atoms with Crippen LogP contribution in [0.1, 0.15) is 24.5 Å². The molecule has 110 valence electrons. The molecule has 1 aliphatic carbocycles. The fourth-order valence-corrected chi connectivity index (χ4v) is 2.73. The van der Waals surface area contributed by atoms with Crippen LogP contribution in [-0.2, 0) is 0 Å². The molecule has 0 radical (unpaired) electrons. The van der Waals surface area contributed by atoms with Crippen molar-refractivity contribution in [2.45, 2.75) is 25.4 Å². The van der Waals surface area contributed by atoms with E-state index in [9.17, 15) is 13.6 Å². The Morgan fingerprint density at radius 1 is 1.29 bits per heavy atom. The molecule has 1 fully saturated rings. The quantitative estimate of drug-likeness (QED) is 0.794. The lowest BCUT2D eigenvalue weighted by Crippen LogP contribution is -2.16. The average molecular weight is 404 g/mol. The Hall–Kier alpha value is -1.51. The van der Waals surface area contributed by atoms with Gasteiger partial charge in [0.25, 0.3) is 5.56 Å². The van der Waals surface area contributed by atoms with Crippen LogP contribution >= 0.6 is 22.6 Å². The molecule has 2 aromatic rings. The van der Waals surface area contributed by atoms with Crippen molar-refractivity contribution in [1.82, 2.24) is 9.97 Å². The summed E-state index contributed by atoms with van der Waals surface area (Å²) in [5, 5.41) is 0. The predicted molar refractivity (Wildman–Crippen MR) is 81.6 cm³/mol. The standard InChI is InChI=1S/C14H11F2IN2O2/c15-14(16)21-9-5-3-8(4-6-9)12-18-11(7-1-2-7)10(17)13(20)19-12/h3-7,14H,1-2H2,(H,18,19,20). The molecule has 1 aromatic heterocycles. The second-order valence-electron chi connectivity index (χ2n) is 4.79. The number of aromatic amines is 1. The average Bonchev–Trinajstić information content (AvgIpc) is 3.26. The molecule has 3 rings (SSSR count). The van der Waals surface area contributed by atoms with Crippen molar-refractivity contribution in [3.63, 3.8) is 0 Å². The molecule has 21 heavy (non-hydrogen) atoms. The van der Waals surface area contributed by atoms with E-state index in [2.05, 4.69) is 14.7 Å². The Bertz CT molecular complexity index is 712. The zero-order valence-corrected chi connectivity index (χ0v) is 12.9. The second-order valence-corrected chi connectivity index (χ2v) is 5.87. The van der Waals surface area contributed by atoms with E-state index < -0.39 is 6.61 Å². The fraction of sp³-hybridized carbons (Fsp3) is 0.286. The number of ether oxygens (including phenoxy) is 1. The van der Waals surface area contributed by atoms with Gasteiger partial charge in [0.2, 0.25) is 0 Å². The zero-order valence-electron chi connectivity index (χ0n) is 10.8. The van der Waals surface area contributed by atoms with Crippen LogP contribution in [0.25, 0.3) is 11.4 Å². The van der Waals surface area contributed by atoms with Crippen LogP contribution in [0, 0.1) is 3.57 Å². The number of halogens is 3. The van der Waals surface area contributed by atoms with Crippen LogP contribution in [0.15, 0.2) is 29.1 Å². The maximum absolute atomic E-state index is 12.1. The highest BCUT2D eigenvalue weighted by molar-refractivity contribution is 14.1. The van der Waals surface area contributed by atoms with Gasteiger partial charge in [-0.2, -0.15) is 8.78 Å². The normalized spacial score (nSPS) is 14.5. The highest BCUT2D eigenvalue weighted by Crippen LogP contribution is 2.40. The van der Waals surface area contributed by atoms with E-state index in [1.54, 1.807) is 12.1 Å². The summed E-state index contributed by atoms with van der Waals surface area (Å²) in [7, 11) is 0. The highest BCUT2D eigenvalue weighted by Gasteiger charge is 2.29. The number of benzene rings is 1. The van der Waals surface area contributed by atoms with E-state index in [0.717, 1.165) is 18.5 Å². The SMILES string of the molecule is O=c1[nH]c(-c2ccc(OC(F)F)cc2)nc(C2CC2)c1I. The summed E-state index contributed by atoms with van der Waals surface area (Å²) >= 11 is 2.01. The molecule has 0 spiro atoms. The lowest BCUT2D eigenvalue weighted by atomic mass is 10.2. The number of nitrogens with one attached hydrogen (secondary N) is 1. The molecule has 1 aliphatic rings. The van der Waals surface area contributed by atoms with Crippen molar-refractivity contribution in [2.75, 3.05) is 0 Å². The number of hydrogen-bond acceptors (Lipinski definition) is 3. The van der Waals surface area contributed by atoms with Crippen molar-refractivity contribution in [2.24, 2.45) is 0 Å². The van der Waals surface area contributed by atoms with E-state index in [0.29, 0.717) is 20.9 Å². The van der Waals surface area contributed by atoms with Gasteiger partial charge in [-0.15, -0.1) is 0 Å². The maximum atomic E-state index is 12.1. The number of hydrogen-bond donors (Lipinski definition) is 1. The predicted octanol–water partition coefficient (Wildman–Crippen LogP) is 3.52. The van der Waals surface area contributed by atoms with Crippen LogP contribution < -0.4 is 10.3 Å². The summed E-state index contributed by atoms with van der Waals surface area (Å²) in [6.07, 6.45) is 2.10. The maximum Gasteiger partial charge on any atom is 0.387 e. The first-order valence-electron chi connectivity index (χ1n) is 6.39. The van der Waals surface area contributed by atoms with Gasteiger partial charge in [-0.25, -0.2) is 4.98 Å². The van der Waals surface area contributed by atoms with Gasteiger partial charge < -0.3 is 9.72 Å². The van der Waals surface area contributed by atoms with Crippen molar-refractivity contribution in [3.8, 4) is 17.1 Å². The first kappa shape index (κ1) is 14.4. The minimum atomic E-state index is -2.85. The molecular weight excluding hydrogens is 393 g/mol. The van der Waals surface area contributed by atoms with Crippen LogP contribution in [-0.4, -0.2) is 16.6 Å². The molecule has 1 saturated carbocycles. The van der Waals surface area contributed by atoms with E-state index >= 15 is 0 Å². The van der Waals surface area contributed by atoms with Gasteiger partial charge in [-0.05, 0) is 59.7 Å². The molecule has 0 bridgehead atoms. The number of rotatable bonds is 4. The Kier molecular flexibility index (Phi) is 3.92. The monoisotopic (exact) mass is 404 g/mol. The Labute approximate surface area is 132 Å². The molecule has 0 atom stereocenters. The molecule has 0 aliphatic heterocycles. The largest absolute Gasteiger partial charge is 0.435 e. The summed E-state index contributed by atoms with van der Waals surface area (Å²) in [5.74, 6) is 0.884.